The highest BCUT2D eigenvalue weighted by Gasteiger charge is 2.22. The molecule has 114 valence electrons. The van der Waals surface area contributed by atoms with E-state index in [0.29, 0.717) is 11.1 Å². The van der Waals surface area contributed by atoms with E-state index in [9.17, 15) is 9.59 Å². The molecule has 4 nitrogen and oxygen atoms in total. The SMILES string of the molecule is O=C(c1cccc(Br)c1)c1c[nH]nc1C(=O)c1cccc(Br)c1. The van der Waals surface area contributed by atoms with Gasteiger partial charge in [-0.3, -0.25) is 14.7 Å². The number of benzene rings is 2. The van der Waals surface area contributed by atoms with Crippen molar-refractivity contribution in [3.05, 3.63) is 86.1 Å². The maximum atomic E-state index is 12.6. The number of nitrogens with zero attached hydrogens (tertiary/aromatic N) is 1. The molecule has 6 heteroatoms. The van der Waals surface area contributed by atoms with Crippen molar-refractivity contribution in [2.24, 2.45) is 0 Å². The standard InChI is InChI=1S/C17H10Br2N2O2/c18-12-5-1-3-10(7-12)16(22)14-9-20-21-15(14)17(23)11-4-2-6-13(19)8-11/h1-9H,(H,20,21). The highest BCUT2D eigenvalue weighted by atomic mass is 79.9. The lowest BCUT2D eigenvalue weighted by Crippen LogP contribution is -2.10. The van der Waals surface area contributed by atoms with E-state index >= 15 is 0 Å². The van der Waals surface area contributed by atoms with Crippen LogP contribution in [-0.4, -0.2) is 21.8 Å². The van der Waals surface area contributed by atoms with Crippen molar-refractivity contribution in [3.63, 3.8) is 0 Å². The summed E-state index contributed by atoms with van der Waals surface area (Å²) < 4.78 is 1.59. The molecule has 0 aliphatic heterocycles. The highest BCUT2D eigenvalue weighted by Crippen LogP contribution is 2.20. The first-order chi connectivity index (χ1) is 11.1. The molecular formula is C17H10Br2N2O2. The lowest BCUT2D eigenvalue weighted by molar-refractivity contribution is 0.100. The molecule has 0 atom stereocenters. The topological polar surface area (TPSA) is 62.8 Å². The van der Waals surface area contributed by atoms with E-state index in [-0.39, 0.29) is 22.8 Å². The minimum absolute atomic E-state index is 0.119. The van der Waals surface area contributed by atoms with Crippen LogP contribution in [0, 0.1) is 0 Å². The fourth-order valence-electron chi connectivity index (χ4n) is 2.19. The number of aromatic nitrogens is 2. The molecule has 23 heavy (non-hydrogen) atoms. The van der Waals surface area contributed by atoms with Crippen LogP contribution in [0.4, 0.5) is 0 Å². The summed E-state index contributed by atoms with van der Waals surface area (Å²) in [7, 11) is 0. The first-order valence-corrected chi connectivity index (χ1v) is 8.29. The van der Waals surface area contributed by atoms with E-state index in [0.717, 1.165) is 8.95 Å². The second-order valence-electron chi connectivity index (χ2n) is 4.83. The molecule has 0 unspecified atom stereocenters. The van der Waals surface area contributed by atoms with E-state index in [1.165, 1.54) is 6.20 Å². The summed E-state index contributed by atoms with van der Waals surface area (Å²) in [6.07, 6.45) is 1.45. The Morgan fingerprint density at radius 1 is 0.870 bits per heavy atom. The predicted octanol–water partition coefficient (Wildman–Crippen LogP) is 4.40. The van der Waals surface area contributed by atoms with E-state index in [4.69, 9.17) is 0 Å². The molecule has 0 radical (unpaired) electrons. The number of aromatic amines is 1. The van der Waals surface area contributed by atoms with Crippen molar-refractivity contribution >= 4 is 43.4 Å². The maximum absolute atomic E-state index is 12.6. The molecular weight excluding hydrogens is 424 g/mol. The summed E-state index contributed by atoms with van der Waals surface area (Å²) in [5.41, 5.74) is 1.33. The van der Waals surface area contributed by atoms with Gasteiger partial charge in [-0.2, -0.15) is 5.10 Å². The van der Waals surface area contributed by atoms with Gasteiger partial charge >= 0.3 is 0 Å². The fourth-order valence-corrected chi connectivity index (χ4v) is 2.99. The van der Waals surface area contributed by atoms with Crippen LogP contribution in [0.15, 0.2) is 63.7 Å². The van der Waals surface area contributed by atoms with Crippen molar-refractivity contribution in [1.29, 1.82) is 0 Å². The molecule has 2 aromatic carbocycles. The molecule has 0 saturated heterocycles. The Morgan fingerprint density at radius 3 is 2.00 bits per heavy atom. The molecule has 0 fully saturated rings. The third-order valence-electron chi connectivity index (χ3n) is 3.27. The summed E-state index contributed by atoms with van der Waals surface area (Å²) in [5, 5.41) is 6.58. The Kier molecular flexibility index (Phi) is 4.54. The second kappa shape index (κ2) is 6.60. The molecule has 0 bridgehead atoms. The zero-order chi connectivity index (χ0) is 16.4. The monoisotopic (exact) mass is 432 g/mol. The van der Waals surface area contributed by atoms with Crippen LogP contribution in [0.1, 0.15) is 32.0 Å². The molecule has 3 rings (SSSR count). The van der Waals surface area contributed by atoms with Crippen molar-refractivity contribution in [1.82, 2.24) is 10.2 Å². The van der Waals surface area contributed by atoms with Gasteiger partial charge < -0.3 is 0 Å². The van der Waals surface area contributed by atoms with Gasteiger partial charge in [-0.05, 0) is 24.3 Å². The summed E-state index contributed by atoms with van der Waals surface area (Å²) in [4.78, 5) is 25.3. The quantitative estimate of drug-likeness (QED) is 0.620. The number of H-pyrrole nitrogens is 1. The van der Waals surface area contributed by atoms with E-state index < -0.39 is 0 Å². The predicted molar refractivity (Wildman–Crippen MR) is 93.7 cm³/mol. The molecule has 0 amide bonds. The van der Waals surface area contributed by atoms with Crippen LogP contribution in [0.5, 0.6) is 0 Å². The van der Waals surface area contributed by atoms with Gasteiger partial charge in [0.2, 0.25) is 5.78 Å². The molecule has 3 aromatic rings. The van der Waals surface area contributed by atoms with E-state index in [2.05, 4.69) is 42.1 Å². The Morgan fingerprint density at radius 2 is 1.43 bits per heavy atom. The number of nitrogens with one attached hydrogen (secondary N) is 1. The Labute approximate surface area is 149 Å². The number of rotatable bonds is 4. The number of halogens is 2. The van der Waals surface area contributed by atoms with Crippen molar-refractivity contribution < 1.29 is 9.59 Å². The minimum Gasteiger partial charge on any atom is -0.288 e. The van der Waals surface area contributed by atoms with Crippen LogP contribution in [0.2, 0.25) is 0 Å². The number of carbonyl (C=O) groups is 2. The molecule has 0 aliphatic carbocycles. The molecule has 0 spiro atoms. The van der Waals surface area contributed by atoms with Gasteiger partial charge in [-0.1, -0.05) is 56.1 Å². The number of ketones is 2. The van der Waals surface area contributed by atoms with Gasteiger partial charge in [0.25, 0.3) is 0 Å². The summed E-state index contributed by atoms with van der Waals surface area (Å²) >= 11 is 6.67. The highest BCUT2D eigenvalue weighted by molar-refractivity contribution is 9.10. The van der Waals surface area contributed by atoms with Crippen molar-refractivity contribution in [2.75, 3.05) is 0 Å². The first kappa shape index (κ1) is 15.8. The van der Waals surface area contributed by atoms with E-state index in [1.54, 1.807) is 36.4 Å². The summed E-state index contributed by atoms with van der Waals surface area (Å²) in [6, 6.07) is 14.0. The zero-order valence-corrected chi connectivity index (χ0v) is 14.9. The molecule has 1 aromatic heterocycles. The number of hydrogen-bond acceptors (Lipinski definition) is 3. The average molecular weight is 434 g/mol. The molecule has 0 aliphatic rings. The average Bonchev–Trinajstić information content (AvgIpc) is 3.03. The molecule has 1 heterocycles. The van der Waals surface area contributed by atoms with Gasteiger partial charge in [-0.15, -0.1) is 0 Å². The van der Waals surface area contributed by atoms with Crippen LogP contribution in [-0.2, 0) is 0 Å². The third kappa shape index (κ3) is 3.33. The smallest absolute Gasteiger partial charge is 0.214 e. The third-order valence-corrected chi connectivity index (χ3v) is 4.26. The Balaban J connectivity index is 1.99. The number of carbonyl (C=O) groups excluding carboxylic acids is 2. The zero-order valence-electron chi connectivity index (χ0n) is 11.7. The first-order valence-electron chi connectivity index (χ1n) is 6.70. The lowest BCUT2D eigenvalue weighted by Gasteiger charge is -2.03. The van der Waals surface area contributed by atoms with Crippen LogP contribution in [0.25, 0.3) is 0 Å². The molecule has 0 saturated carbocycles. The second-order valence-corrected chi connectivity index (χ2v) is 6.66. The van der Waals surface area contributed by atoms with Crippen molar-refractivity contribution in [3.8, 4) is 0 Å². The van der Waals surface area contributed by atoms with E-state index in [1.807, 2.05) is 12.1 Å². The van der Waals surface area contributed by atoms with Crippen LogP contribution >= 0.6 is 31.9 Å². The fraction of sp³-hybridized carbons (Fsp3) is 0. The van der Waals surface area contributed by atoms with Crippen molar-refractivity contribution in [2.45, 2.75) is 0 Å². The normalized spacial score (nSPS) is 10.5. The Bertz CT molecular complexity index is 831. The Hall–Kier alpha value is -2.05. The summed E-state index contributed by atoms with van der Waals surface area (Å²) in [6.45, 7) is 0. The molecule has 1 N–H and O–H groups in total. The largest absolute Gasteiger partial charge is 0.288 e. The maximum Gasteiger partial charge on any atom is 0.214 e. The number of hydrogen-bond donors (Lipinski definition) is 1. The summed E-state index contributed by atoms with van der Waals surface area (Å²) in [5.74, 6) is -0.552. The van der Waals surface area contributed by atoms with Gasteiger partial charge in [0.05, 0.1) is 5.56 Å². The lowest BCUT2D eigenvalue weighted by atomic mass is 9.99. The van der Waals surface area contributed by atoms with Crippen LogP contribution in [0.3, 0.4) is 0 Å². The van der Waals surface area contributed by atoms with Crippen LogP contribution < -0.4 is 0 Å². The van der Waals surface area contributed by atoms with Gasteiger partial charge in [0.15, 0.2) is 5.78 Å². The van der Waals surface area contributed by atoms with Gasteiger partial charge in [0, 0.05) is 26.3 Å². The van der Waals surface area contributed by atoms with Gasteiger partial charge in [-0.25, -0.2) is 0 Å². The minimum atomic E-state index is -0.300. The van der Waals surface area contributed by atoms with Gasteiger partial charge in [0.1, 0.15) is 5.69 Å².